The molecule has 3 rings (SSSR count). The SMILES string of the molecule is CCOC(=O)C1(NCc2ccc(C)cc2)Cc2ccccc2C1=O. The van der Waals surface area contributed by atoms with Crippen LogP contribution in [0.1, 0.15) is 34.0 Å². The van der Waals surface area contributed by atoms with E-state index >= 15 is 0 Å². The molecule has 0 saturated heterocycles. The molecular formula is C20H21NO3. The van der Waals surface area contributed by atoms with Crippen LogP contribution in [0.3, 0.4) is 0 Å². The number of carbonyl (C=O) groups is 2. The number of esters is 1. The van der Waals surface area contributed by atoms with Gasteiger partial charge in [0.25, 0.3) is 0 Å². The highest BCUT2D eigenvalue weighted by atomic mass is 16.5. The van der Waals surface area contributed by atoms with E-state index in [9.17, 15) is 9.59 Å². The van der Waals surface area contributed by atoms with E-state index in [1.54, 1.807) is 13.0 Å². The van der Waals surface area contributed by atoms with Gasteiger partial charge in [-0.3, -0.25) is 10.1 Å². The van der Waals surface area contributed by atoms with E-state index in [0.29, 0.717) is 18.5 Å². The van der Waals surface area contributed by atoms with Crippen molar-refractivity contribution < 1.29 is 14.3 Å². The molecule has 1 atom stereocenters. The number of hydrogen-bond acceptors (Lipinski definition) is 4. The summed E-state index contributed by atoms with van der Waals surface area (Å²) in [6, 6.07) is 15.4. The van der Waals surface area contributed by atoms with Crippen LogP contribution in [0.15, 0.2) is 48.5 Å². The van der Waals surface area contributed by atoms with E-state index in [2.05, 4.69) is 5.32 Å². The Kier molecular flexibility index (Phi) is 4.49. The maximum atomic E-state index is 12.9. The van der Waals surface area contributed by atoms with Gasteiger partial charge in [0, 0.05) is 18.5 Å². The number of rotatable bonds is 5. The summed E-state index contributed by atoms with van der Waals surface area (Å²) in [4.78, 5) is 25.6. The third-order valence-corrected chi connectivity index (χ3v) is 4.44. The minimum atomic E-state index is -1.33. The molecule has 124 valence electrons. The molecule has 0 bridgehead atoms. The van der Waals surface area contributed by atoms with Crippen LogP contribution in [0.4, 0.5) is 0 Å². The van der Waals surface area contributed by atoms with Gasteiger partial charge < -0.3 is 4.74 Å². The van der Waals surface area contributed by atoms with E-state index in [4.69, 9.17) is 4.74 Å². The summed E-state index contributed by atoms with van der Waals surface area (Å²) in [6.45, 7) is 4.45. The maximum absolute atomic E-state index is 12.9. The van der Waals surface area contributed by atoms with Crippen molar-refractivity contribution in [1.82, 2.24) is 5.32 Å². The molecule has 0 saturated carbocycles. The molecule has 4 heteroatoms. The number of fused-ring (bicyclic) bond motifs is 1. The minimum Gasteiger partial charge on any atom is -0.464 e. The summed E-state index contributed by atoms with van der Waals surface area (Å²) in [7, 11) is 0. The Morgan fingerprint density at radius 3 is 2.54 bits per heavy atom. The van der Waals surface area contributed by atoms with Crippen LogP contribution in [-0.4, -0.2) is 23.9 Å². The predicted molar refractivity (Wildman–Crippen MR) is 91.9 cm³/mol. The average molecular weight is 323 g/mol. The van der Waals surface area contributed by atoms with E-state index in [0.717, 1.165) is 11.1 Å². The van der Waals surface area contributed by atoms with Crippen molar-refractivity contribution >= 4 is 11.8 Å². The fraction of sp³-hybridized carbons (Fsp3) is 0.300. The van der Waals surface area contributed by atoms with E-state index in [-0.39, 0.29) is 12.4 Å². The summed E-state index contributed by atoms with van der Waals surface area (Å²) in [6.07, 6.45) is 0.326. The standard InChI is InChI=1S/C20H21NO3/c1-3-24-19(23)20(21-13-15-10-8-14(2)9-11-15)12-16-6-4-5-7-17(16)18(20)22/h4-11,21H,3,12-13H2,1-2H3. The maximum Gasteiger partial charge on any atom is 0.334 e. The molecule has 0 heterocycles. The molecule has 0 amide bonds. The molecule has 1 unspecified atom stereocenters. The van der Waals surface area contributed by atoms with Crippen molar-refractivity contribution in [3.05, 3.63) is 70.8 Å². The Labute approximate surface area is 141 Å². The Balaban J connectivity index is 1.89. The number of carbonyl (C=O) groups excluding carboxylic acids is 2. The van der Waals surface area contributed by atoms with Gasteiger partial charge in [-0.25, -0.2) is 4.79 Å². The van der Waals surface area contributed by atoms with Crippen LogP contribution in [0.2, 0.25) is 0 Å². The number of nitrogens with one attached hydrogen (secondary N) is 1. The van der Waals surface area contributed by atoms with Gasteiger partial charge in [0.05, 0.1) is 6.61 Å². The normalized spacial score (nSPS) is 19.2. The summed E-state index contributed by atoms with van der Waals surface area (Å²) in [5.41, 5.74) is 2.34. The van der Waals surface area contributed by atoms with Crippen LogP contribution >= 0.6 is 0 Å². The minimum absolute atomic E-state index is 0.205. The first kappa shape index (κ1) is 16.4. The third kappa shape index (κ3) is 2.85. The van der Waals surface area contributed by atoms with Crippen LogP contribution in [0, 0.1) is 6.92 Å². The van der Waals surface area contributed by atoms with E-state index < -0.39 is 11.5 Å². The summed E-state index contributed by atoms with van der Waals surface area (Å²) in [5.74, 6) is -0.707. The first-order valence-electron chi connectivity index (χ1n) is 8.17. The number of ketones is 1. The quantitative estimate of drug-likeness (QED) is 0.679. The zero-order valence-electron chi connectivity index (χ0n) is 14.0. The second-order valence-electron chi connectivity index (χ2n) is 6.13. The van der Waals surface area contributed by atoms with Gasteiger partial charge in [0.1, 0.15) is 0 Å². The Morgan fingerprint density at radius 1 is 1.17 bits per heavy atom. The molecule has 1 aliphatic rings. The van der Waals surface area contributed by atoms with E-state index in [1.807, 2.05) is 49.4 Å². The second kappa shape index (κ2) is 6.57. The number of Topliss-reactive ketones (excluding diaryl/α,β-unsaturated/α-hetero) is 1. The summed E-state index contributed by atoms with van der Waals surface area (Å²) < 4.78 is 5.22. The first-order valence-corrected chi connectivity index (χ1v) is 8.17. The fourth-order valence-electron chi connectivity index (χ4n) is 3.08. The molecular weight excluding hydrogens is 302 g/mol. The number of ether oxygens (including phenoxy) is 1. The second-order valence-corrected chi connectivity index (χ2v) is 6.13. The van der Waals surface area contributed by atoms with Crippen LogP contribution in [0.5, 0.6) is 0 Å². The molecule has 2 aromatic carbocycles. The summed E-state index contributed by atoms with van der Waals surface area (Å²) >= 11 is 0. The van der Waals surface area contributed by atoms with Gasteiger partial charge in [-0.1, -0.05) is 54.1 Å². The van der Waals surface area contributed by atoms with Gasteiger partial charge in [0.15, 0.2) is 11.3 Å². The molecule has 0 aromatic heterocycles. The van der Waals surface area contributed by atoms with Crippen LogP contribution in [0.25, 0.3) is 0 Å². The van der Waals surface area contributed by atoms with Gasteiger partial charge >= 0.3 is 5.97 Å². The van der Waals surface area contributed by atoms with Crippen LogP contribution < -0.4 is 5.32 Å². The highest BCUT2D eigenvalue weighted by molar-refractivity contribution is 6.20. The lowest BCUT2D eigenvalue weighted by atomic mass is 9.93. The highest BCUT2D eigenvalue weighted by Crippen LogP contribution is 2.31. The lowest BCUT2D eigenvalue weighted by molar-refractivity contribution is -0.148. The zero-order chi connectivity index (χ0) is 17.2. The zero-order valence-corrected chi connectivity index (χ0v) is 14.0. The van der Waals surface area contributed by atoms with Crippen molar-refractivity contribution in [1.29, 1.82) is 0 Å². The monoisotopic (exact) mass is 323 g/mol. The predicted octanol–water partition coefficient (Wildman–Crippen LogP) is 2.83. The molecule has 4 nitrogen and oxygen atoms in total. The Bertz CT molecular complexity index is 767. The smallest absolute Gasteiger partial charge is 0.334 e. The van der Waals surface area contributed by atoms with Gasteiger partial charge in [-0.2, -0.15) is 0 Å². The van der Waals surface area contributed by atoms with Crippen molar-refractivity contribution in [3.63, 3.8) is 0 Å². The molecule has 1 aliphatic carbocycles. The largest absolute Gasteiger partial charge is 0.464 e. The number of aryl methyl sites for hydroxylation is 1. The fourth-order valence-corrected chi connectivity index (χ4v) is 3.08. The Morgan fingerprint density at radius 2 is 1.88 bits per heavy atom. The van der Waals surface area contributed by atoms with Crippen LogP contribution in [-0.2, 0) is 22.5 Å². The molecule has 1 N–H and O–H groups in total. The first-order chi connectivity index (χ1) is 11.6. The van der Waals surface area contributed by atoms with E-state index in [1.165, 1.54) is 5.56 Å². The van der Waals surface area contributed by atoms with Gasteiger partial charge in [-0.05, 0) is 25.0 Å². The average Bonchev–Trinajstić information content (AvgIpc) is 2.88. The van der Waals surface area contributed by atoms with Crippen molar-refractivity contribution in [3.8, 4) is 0 Å². The molecule has 0 fully saturated rings. The highest BCUT2D eigenvalue weighted by Gasteiger charge is 2.52. The lowest BCUT2D eigenvalue weighted by Crippen LogP contribution is -2.57. The molecule has 0 radical (unpaired) electrons. The molecule has 0 aliphatic heterocycles. The molecule has 2 aromatic rings. The van der Waals surface area contributed by atoms with Gasteiger partial charge in [0.2, 0.25) is 0 Å². The molecule has 24 heavy (non-hydrogen) atoms. The number of benzene rings is 2. The van der Waals surface area contributed by atoms with Gasteiger partial charge in [-0.15, -0.1) is 0 Å². The number of hydrogen-bond donors (Lipinski definition) is 1. The third-order valence-electron chi connectivity index (χ3n) is 4.44. The Hall–Kier alpha value is -2.46. The molecule has 0 spiro atoms. The van der Waals surface area contributed by atoms with Crippen molar-refractivity contribution in [2.75, 3.05) is 6.61 Å². The topological polar surface area (TPSA) is 55.4 Å². The van der Waals surface area contributed by atoms with Crippen molar-refractivity contribution in [2.45, 2.75) is 32.4 Å². The van der Waals surface area contributed by atoms with Crippen molar-refractivity contribution in [2.24, 2.45) is 0 Å². The summed E-state index contributed by atoms with van der Waals surface area (Å²) in [5, 5.41) is 3.19. The lowest BCUT2D eigenvalue weighted by Gasteiger charge is -2.26.